The smallest absolute Gasteiger partial charge is 0.363 e. The number of hydrogen-bond acceptors (Lipinski definition) is 2. The van der Waals surface area contributed by atoms with Crippen molar-refractivity contribution < 1.29 is 0 Å². The van der Waals surface area contributed by atoms with Gasteiger partial charge in [-0.15, -0.1) is 0 Å². The molecule has 0 aromatic heterocycles. The highest BCUT2D eigenvalue weighted by atomic mass is 15.3. The first-order valence-corrected chi connectivity index (χ1v) is 11.7. The molecule has 0 fully saturated rings. The van der Waals surface area contributed by atoms with Crippen molar-refractivity contribution in [2.45, 2.75) is 40.0 Å². The van der Waals surface area contributed by atoms with E-state index in [1.165, 1.54) is 28.3 Å². The highest BCUT2D eigenvalue weighted by Gasteiger charge is 2.44. The van der Waals surface area contributed by atoms with Gasteiger partial charge in [-0.1, -0.05) is 87.0 Å². The van der Waals surface area contributed by atoms with E-state index in [4.69, 9.17) is 0 Å². The van der Waals surface area contributed by atoms with E-state index in [9.17, 15) is 0 Å². The predicted octanol–water partition coefficient (Wildman–Crippen LogP) is 7.45. The summed E-state index contributed by atoms with van der Waals surface area (Å²) in [6.45, 7) is 7.20. The van der Waals surface area contributed by atoms with Crippen LogP contribution in [0, 0.1) is 11.3 Å². The van der Waals surface area contributed by atoms with E-state index in [0.717, 1.165) is 19.3 Å². The summed E-state index contributed by atoms with van der Waals surface area (Å²) in [6.07, 6.45) is 15.1. The summed E-state index contributed by atoms with van der Waals surface area (Å²) in [6, 6.07) is 19.7. The number of para-hydroxylation sites is 3. The predicted molar refractivity (Wildman–Crippen MR) is 134 cm³/mol. The third-order valence-corrected chi connectivity index (χ3v) is 7.52. The van der Waals surface area contributed by atoms with Crippen molar-refractivity contribution in [2.75, 3.05) is 9.62 Å². The topological polar surface area (TPSA) is 6.48 Å². The van der Waals surface area contributed by atoms with E-state index in [1.54, 1.807) is 0 Å². The Kier molecular flexibility index (Phi) is 5.13. The van der Waals surface area contributed by atoms with E-state index < -0.39 is 0 Å². The van der Waals surface area contributed by atoms with Crippen LogP contribution >= 0.6 is 0 Å². The van der Waals surface area contributed by atoms with Crippen molar-refractivity contribution >= 4 is 24.0 Å². The highest BCUT2D eigenvalue weighted by molar-refractivity contribution is 6.76. The van der Waals surface area contributed by atoms with Gasteiger partial charge in [0.25, 0.3) is 0 Å². The molecule has 0 saturated carbocycles. The van der Waals surface area contributed by atoms with Crippen molar-refractivity contribution in [3.8, 4) is 0 Å². The maximum absolute atomic E-state index is 2.56. The molecule has 2 heterocycles. The lowest BCUT2D eigenvalue weighted by Gasteiger charge is -2.33. The molecule has 1 unspecified atom stereocenters. The minimum atomic E-state index is 0.122. The lowest BCUT2D eigenvalue weighted by atomic mass is 9.68. The standard InChI is InChI=1S/C28H31BN2/c1-4-28(5-2)19-20-29-30(24-14-7-6-8-15-24)26-17-11-12-18-27(26)31(29)25-16-10-9-13-23(21-28)22(25)3/h6-20,22H,4-5,21H2,1-3H3. The number of benzene rings is 2. The molecule has 1 atom stereocenters. The molecule has 0 radical (unpaired) electrons. The van der Waals surface area contributed by atoms with Crippen molar-refractivity contribution in [1.29, 1.82) is 0 Å². The Labute approximate surface area is 187 Å². The summed E-state index contributed by atoms with van der Waals surface area (Å²) in [5.74, 6) is 2.84. The molecule has 0 spiro atoms. The molecule has 3 aliphatic rings. The van der Waals surface area contributed by atoms with Gasteiger partial charge in [0, 0.05) is 17.3 Å². The molecule has 2 bridgehead atoms. The van der Waals surface area contributed by atoms with Gasteiger partial charge in [0.05, 0.1) is 11.4 Å². The first-order chi connectivity index (χ1) is 15.2. The monoisotopic (exact) mass is 406 g/mol. The van der Waals surface area contributed by atoms with Crippen LogP contribution in [-0.2, 0) is 0 Å². The van der Waals surface area contributed by atoms with Crippen molar-refractivity contribution in [3.63, 3.8) is 0 Å². The van der Waals surface area contributed by atoms with Crippen molar-refractivity contribution in [3.05, 3.63) is 102 Å². The van der Waals surface area contributed by atoms with E-state index in [0.29, 0.717) is 5.92 Å². The summed E-state index contributed by atoms with van der Waals surface area (Å²) < 4.78 is 0. The lowest BCUT2D eigenvalue weighted by molar-refractivity contribution is 0.341. The van der Waals surface area contributed by atoms with Crippen LogP contribution in [0.2, 0.25) is 0 Å². The van der Waals surface area contributed by atoms with E-state index in [1.807, 2.05) is 0 Å². The minimum absolute atomic E-state index is 0.122. The van der Waals surface area contributed by atoms with Gasteiger partial charge >= 0.3 is 6.98 Å². The van der Waals surface area contributed by atoms with Gasteiger partial charge in [0.15, 0.2) is 0 Å². The van der Waals surface area contributed by atoms with E-state index in [2.05, 4.69) is 121 Å². The van der Waals surface area contributed by atoms with Crippen LogP contribution in [-0.4, -0.2) is 6.98 Å². The molecule has 5 rings (SSSR count). The highest BCUT2D eigenvalue weighted by Crippen LogP contribution is 2.49. The molecule has 2 aromatic rings. The Bertz CT molecular complexity index is 1080. The maximum atomic E-state index is 2.56. The minimum Gasteiger partial charge on any atom is -0.363 e. The van der Waals surface area contributed by atoms with E-state index in [-0.39, 0.29) is 12.4 Å². The number of fused-ring (bicyclic) bond motifs is 6. The second kappa shape index (κ2) is 7.96. The lowest BCUT2D eigenvalue weighted by Crippen LogP contribution is -2.45. The molecule has 3 heteroatoms. The van der Waals surface area contributed by atoms with Crippen LogP contribution in [0.15, 0.2) is 102 Å². The average molecular weight is 406 g/mol. The number of allylic oxidation sites excluding steroid dienone is 6. The molecule has 156 valence electrons. The number of anilines is 3. The first-order valence-electron chi connectivity index (χ1n) is 11.7. The van der Waals surface area contributed by atoms with Gasteiger partial charge in [0.2, 0.25) is 0 Å². The Balaban J connectivity index is 1.76. The number of rotatable bonds is 3. The van der Waals surface area contributed by atoms with Crippen LogP contribution < -0.4 is 9.62 Å². The van der Waals surface area contributed by atoms with Crippen LogP contribution in [0.1, 0.15) is 40.0 Å². The number of nitrogens with zero attached hydrogens (tertiary/aromatic N) is 2. The normalized spacial score (nSPS) is 21.4. The Morgan fingerprint density at radius 3 is 2.23 bits per heavy atom. The zero-order valence-corrected chi connectivity index (χ0v) is 18.8. The van der Waals surface area contributed by atoms with Crippen LogP contribution in [0.25, 0.3) is 0 Å². The van der Waals surface area contributed by atoms with Crippen LogP contribution in [0.4, 0.5) is 17.1 Å². The van der Waals surface area contributed by atoms with Crippen LogP contribution in [0.3, 0.4) is 0 Å². The fourth-order valence-electron chi connectivity index (χ4n) is 5.42. The van der Waals surface area contributed by atoms with Gasteiger partial charge in [0.1, 0.15) is 0 Å². The quantitative estimate of drug-likeness (QED) is 0.488. The molecule has 1 aliphatic carbocycles. The fraction of sp³-hybridized carbons (Fsp3) is 0.286. The fourth-order valence-corrected chi connectivity index (χ4v) is 5.42. The summed E-state index contributed by atoms with van der Waals surface area (Å²) in [5.41, 5.74) is 6.89. The molecule has 2 aliphatic heterocycles. The summed E-state index contributed by atoms with van der Waals surface area (Å²) in [4.78, 5) is 5.06. The summed E-state index contributed by atoms with van der Waals surface area (Å²) in [5, 5.41) is 0. The zero-order valence-electron chi connectivity index (χ0n) is 18.8. The van der Waals surface area contributed by atoms with Gasteiger partial charge in [-0.2, -0.15) is 0 Å². The molecule has 2 aromatic carbocycles. The number of hydrogen-bond donors (Lipinski definition) is 0. The second-order valence-electron chi connectivity index (χ2n) is 9.02. The van der Waals surface area contributed by atoms with Gasteiger partial charge in [-0.05, 0) is 55.0 Å². The summed E-state index contributed by atoms with van der Waals surface area (Å²) in [7, 11) is 0. The molecule has 0 saturated heterocycles. The third-order valence-electron chi connectivity index (χ3n) is 7.52. The molecule has 31 heavy (non-hydrogen) atoms. The first kappa shape index (κ1) is 20.0. The van der Waals surface area contributed by atoms with Crippen molar-refractivity contribution in [1.82, 2.24) is 0 Å². The second-order valence-corrected chi connectivity index (χ2v) is 9.02. The molecule has 0 N–H and O–H groups in total. The summed E-state index contributed by atoms with van der Waals surface area (Å²) >= 11 is 0. The van der Waals surface area contributed by atoms with Crippen LogP contribution in [0.5, 0.6) is 0 Å². The molecule has 0 amide bonds. The Morgan fingerprint density at radius 1 is 0.871 bits per heavy atom. The Hall–Kier alpha value is -2.94. The van der Waals surface area contributed by atoms with Gasteiger partial charge < -0.3 is 9.62 Å². The Morgan fingerprint density at radius 2 is 1.52 bits per heavy atom. The zero-order chi connectivity index (χ0) is 21.4. The molecular weight excluding hydrogens is 375 g/mol. The SMILES string of the molecule is CCC1(CC)C=CB2N(C3=CC=CC=C(C1)C3C)c1ccccc1N2c1ccccc1. The maximum Gasteiger partial charge on any atom is 0.412 e. The third kappa shape index (κ3) is 3.27. The van der Waals surface area contributed by atoms with E-state index >= 15 is 0 Å². The van der Waals surface area contributed by atoms with Gasteiger partial charge in [-0.3, -0.25) is 0 Å². The van der Waals surface area contributed by atoms with Crippen molar-refractivity contribution in [2.24, 2.45) is 11.3 Å². The molecule has 2 nitrogen and oxygen atoms in total. The average Bonchev–Trinajstić information content (AvgIpc) is 3.05. The molecular formula is C28H31BN2. The largest absolute Gasteiger partial charge is 0.412 e. The van der Waals surface area contributed by atoms with Gasteiger partial charge in [-0.25, -0.2) is 0 Å².